The molecule has 3 nitrogen and oxygen atoms in total. The van der Waals surface area contributed by atoms with E-state index in [4.69, 9.17) is 0 Å². The summed E-state index contributed by atoms with van der Waals surface area (Å²) < 4.78 is 37.7. The van der Waals surface area contributed by atoms with Gasteiger partial charge < -0.3 is 10.6 Å². The molecule has 0 spiro atoms. The highest BCUT2D eigenvalue weighted by Crippen LogP contribution is 2.38. The molecule has 0 aliphatic carbocycles. The van der Waals surface area contributed by atoms with Crippen LogP contribution in [0.15, 0.2) is 18.2 Å². The standard InChI is InChI=1S/C13H15F3N2O/c1-8(19)17-5-4-9-7-18-12-6-10(13(14,15)16)2-3-11(9)12/h2-3,6,9,18H,4-5,7H2,1H3,(H,17,19). The number of rotatable bonds is 3. The van der Waals surface area contributed by atoms with Crippen LogP contribution in [0.25, 0.3) is 0 Å². The van der Waals surface area contributed by atoms with E-state index in [-0.39, 0.29) is 11.8 Å². The van der Waals surface area contributed by atoms with E-state index < -0.39 is 11.7 Å². The first-order valence-electron chi connectivity index (χ1n) is 6.07. The fourth-order valence-corrected chi connectivity index (χ4v) is 2.26. The van der Waals surface area contributed by atoms with E-state index in [2.05, 4.69) is 10.6 Å². The second kappa shape index (κ2) is 5.11. The van der Waals surface area contributed by atoms with Gasteiger partial charge in [-0.05, 0) is 24.1 Å². The number of carbonyl (C=O) groups excluding carboxylic acids is 1. The van der Waals surface area contributed by atoms with Crippen molar-refractivity contribution in [2.75, 3.05) is 18.4 Å². The molecule has 0 aromatic heterocycles. The topological polar surface area (TPSA) is 41.1 Å². The lowest BCUT2D eigenvalue weighted by Crippen LogP contribution is -2.22. The number of hydrogen-bond acceptors (Lipinski definition) is 2. The van der Waals surface area contributed by atoms with Crippen LogP contribution in [-0.4, -0.2) is 19.0 Å². The van der Waals surface area contributed by atoms with E-state index in [1.807, 2.05) is 0 Å². The summed E-state index contributed by atoms with van der Waals surface area (Å²) in [6.45, 7) is 2.58. The van der Waals surface area contributed by atoms with Crippen LogP contribution in [0.3, 0.4) is 0 Å². The van der Waals surface area contributed by atoms with Gasteiger partial charge in [0.25, 0.3) is 0 Å². The van der Waals surface area contributed by atoms with Gasteiger partial charge in [0.1, 0.15) is 0 Å². The van der Waals surface area contributed by atoms with Gasteiger partial charge in [-0.1, -0.05) is 6.07 Å². The molecule has 1 aliphatic rings. The SMILES string of the molecule is CC(=O)NCCC1CNc2cc(C(F)(F)F)ccc21. The number of nitrogens with one attached hydrogen (secondary N) is 2. The lowest BCUT2D eigenvalue weighted by molar-refractivity contribution is -0.137. The summed E-state index contributed by atoms with van der Waals surface area (Å²) in [7, 11) is 0. The second-order valence-corrected chi connectivity index (χ2v) is 4.65. The van der Waals surface area contributed by atoms with Gasteiger partial charge >= 0.3 is 6.18 Å². The molecule has 1 aromatic rings. The van der Waals surface area contributed by atoms with Gasteiger partial charge in [0.05, 0.1) is 5.56 Å². The number of amides is 1. The number of carbonyl (C=O) groups is 1. The quantitative estimate of drug-likeness (QED) is 0.888. The molecule has 0 fully saturated rings. The van der Waals surface area contributed by atoms with Crippen LogP contribution in [0.4, 0.5) is 18.9 Å². The molecule has 0 radical (unpaired) electrons. The molecule has 1 amide bonds. The number of alkyl halides is 3. The van der Waals surface area contributed by atoms with Crippen LogP contribution in [0.2, 0.25) is 0 Å². The Morgan fingerprint density at radius 3 is 2.84 bits per heavy atom. The number of halogens is 3. The third-order valence-corrected chi connectivity index (χ3v) is 3.23. The molecule has 1 aliphatic heterocycles. The van der Waals surface area contributed by atoms with Gasteiger partial charge in [0.2, 0.25) is 5.91 Å². The van der Waals surface area contributed by atoms with Crippen molar-refractivity contribution < 1.29 is 18.0 Å². The minimum absolute atomic E-state index is 0.0985. The van der Waals surface area contributed by atoms with Gasteiger partial charge in [-0.25, -0.2) is 0 Å². The first-order valence-corrected chi connectivity index (χ1v) is 6.07. The largest absolute Gasteiger partial charge is 0.416 e. The van der Waals surface area contributed by atoms with E-state index in [1.54, 1.807) is 0 Å². The summed E-state index contributed by atoms with van der Waals surface area (Å²) in [5, 5.41) is 5.68. The maximum Gasteiger partial charge on any atom is 0.416 e. The normalized spacial score (nSPS) is 17.8. The first-order chi connectivity index (χ1) is 8.88. The average Bonchev–Trinajstić information content (AvgIpc) is 2.70. The Labute approximate surface area is 109 Å². The molecular weight excluding hydrogens is 257 g/mol. The fraction of sp³-hybridized carbons (Fsp3) is 0.462. The molecule has 104 valence electrons. The molecule has 0 bridgehead atoms. The van der Waals surface area contributed by atoms with Crippen LogP contribution in [0.5, 0.6) is 0 Å². The zero-order chi connectivity index (χ0) is 14.0. The van der Waals surface area contributed by atoms with Crippen LogP contribution in [-0.2, 0) is 11.0 Å². The van der Waals surface area contributed by atoms with Crippen molar-refractivity contribution in [3.63, 3.8) is 0 Å². The van der Waals surface area contributed by atoms with E-state index in [0.29, 0.717) is 25.2 Å². The molecule has 19 heavy (non-hydrogen) atoms. The maximum absolute atomic E-state index is 12.6. The van der Waals surface area contributed by atoms with Crippen molar-refractivity contribution in [3.05, 3.63) is 29.3 Å². The molecule has 1 aromatic carbocycles. The van der Waals surface area contributed by atoms with Crippen molar-refractivity contribution in [1.82, 2.24) is 5.32 Å². The van der Waals surface area contributed by atoms with E-state index in [9.17, 15) is 18.0 Å². The summed E-state index contributed by atoms with van der Waals surface area (Å²) in [6.07, 6.45) is -3.60. The summed E-state index contributed by atoms with van der Waals surface area (Å²) >= 11 is 0. The average molecular weight is 272 g/mol. The van der Waals surface area contributed by atoms with Crippen LogP contribution >= 0.6 is 0 Å². The summed E-state index contributed by atoms with van der Waals surface area (Å²) in [5.74, 6) is 0.0442. The highest BCUT2D eigenvalue weighted by Gasteiger charge is 2.32. The Balaban J connectivity index is 2.07. The lowest BCUT2D eigenvalue weighted by atomic mass is 9.96. The minimum atomic E-state index is -4.31. The molecule has 6 heteroatoms. The zero-order valence-corrected chi connectivity index (χ0v) is 10.5. The van der Waals surface area contributed by atoms with E-state index in [1.165, 1.54) is 13.0 Å². The Kier molecular flexibility index (Phi) is 3.68. The predicted molar refractivity (Wildman–Crippen MR) is 66.0 cm³/mol. The van der Waals surface area contributed by atoms with Crippen molar-refractivity contribution in [2.24, 2.45) is 0 Å². The van der Waals surface area contributed by atoms with Gasteiger partial charge in [0.15, 0.2) is 0 Å². The maximum atomic E-state index is 12.6. The Bertz CT molecular complexity index is 485. The van der Waals surface area contributed by atoms with Crippen molar-refractivity contribution >= 4 is 11.6 Å². The molecular formula is C13H15F3N2O. The Morgan fingerprint density at radius 2 is 2.21 bits per heavy atom. The molecule has 0 saturated heterocycles. The third-order valence-electron chi connectivity index (χ3n) is 3.23. The highest BCUT2D eigenvalue weighted by atomic mass is 19.4. The molecule has 0 saturated carbocycles. The van der Waals surface area contributed by atoms with Crippen LogP contribution in [0, 0.1) is 0 Å². The van der Waals surface area contributed by atoms with E-state index in [0.717, 1.165) is 17.7 Å². The van der Waals surface area contributed by atoms with Gasteiger partial charge in [-0.15, -0.1) is 0 Å². The molecule has 1 unspecified atom stereocenters. The highest BCUT2D eigenvalue weighted by molar-refractivity contribution is 5.72. The summed E-state index contributed by atoms with van der Waals surface area (Å²) in [4.78, 5) is 10.8. The van der Waals surface area contributed by atoms with Crippen molar-refractivity contribution in [1.29, 1.82) is 0 Å². The first kappa shape index (κ1) is 13.7. The van der Waals surface area contributed by atoms with Gasteiger partial charge in [-0.3, -0.25) is 4.79 Å². The smallest absolute Gasteiger partial charge is 0.384 e. The monoisotopic (exact) mass is 272 g/mol. The zero-order valence-electron chi connectivity index (χ0n) is 10.5. The molecule has 1 heterocycles. The van der Waals surface area contributed by atoms with Gasteiger partial charge in [-0.2, -0.15) is 13.2 Å². The van der Waals surface area contributed by atoms with Crippen molar-refractivity contribution in [3.8, 4) is 0 Å². The predicted octanol–water partition coefficient (Wildman–Crippen LogP) is 2.74. The summed E-state index contributed by atoms with van der Waals surface area (Å²) in [6, 6.07) is 3.78. The number of benzene rings is 1. The molecule has 1 atom stereocenters. The second-order valence-electron chi connectivity index (χ2n) is 4.65. The number of fused-ring (bicyclic) bond motifs is 1. The fourth-order valence-electron chi connectivity index (χ4n) is 2.26. The summed E-state index contributed by atoms with van der Waals surface area (Å²) in [5.41, 5.74) is 0.794. The van der Waals surface area contributed by atoms with Crippen LogP contribution in [0.1, 0.15) is 30.4 Å². The van der Waals surface area contributed by atoms with Crippen molar-refractivity contribution in [2.45, 2.75) is 25.4 Å². The number of hydrogen-bond donors (Lipinski definition) is 2. The lowest BCUT2D eigenvalue weighted by Gasteiger charge is -2.12. The van der Waals surface area contributed by atoms with Gasteiger partial charge in [0, 0.05) is 31.6 Å². The molecule has 2 rings (SSSR count). The third kappa shape index (κ3) is 3.19. The Morgan fingerprint density at radius 1 is 1.47 bits per heavy atom. The van der Waals surface area contributed by atoms with Crippen LogP contribution < -0.4 is 10.6 Å². The molecule has 2 N–H and O–H groups in total. The minimum Gasteiger partial charge on any atom is -0.384 e. The Hall–Kier alpha value is -1.72. The number of anilines is 1. The van der Waals surface area contributed by atoms with E-state index >= 15 is 0 Å².